The summed E-state index contributed by atoms with van der Waals surface area (Å²) in [5, 5.41) is 56.3. The molecule has 15 heteroatoms. The minimum absolute atomic E-state index is 0.0610. The molecule has 5 aliphatic rings. The highest BCUT2D eigenvalue weighted by atomic mass is 16.5. The van der Waals surface area contributed by atoms with Crippen LogP contribution in [-0.2, 0) is 0 Å². The molecule has 0 heterocycles. The first-order valence-electron chi connectivity index (χ1n) is 47.8. The summed E-state index contributed by atoms with van der Waals surface area (Å²) >= 11 is 0. The van der Waals surface area contributed by atoms with Crippen molar-refractivity contribution in [1.82, 2.24) is 24.5 Å². The number of hydrogen-bond donors (Lipinski definition) is 5. The minimum atomic E-state index is -3.22. The Kier molecular flexibility index (Phi) is 22.4. The van der Waals surface area contributed by atoms with Crippen molar-refractivity contribution in [2.75, 3.05) is 138 Å². The predicted molar refractivity (Wildman–Crippen MR) is 412 cm³/mol. The van der Waals surface area contributed by atoms with Crippen molar-refractivity contribution in [3.63, 3.8) is 0 Å². The molecule has 15 nitrogen and oxygen atoms in total. The van der Waals surface area contributed by atoms with Crippen LogP contribution in [0.2, 0.25) is 0 Å². The molecule has 5 N–H and O–H groups in total. The lowest BCUT2D eigenvalue weighted by atomic mass is 9.72. The molecule has 5 fully saturated rings. The van der Waals surface area contributed by atoms with Crippen molar-refractivity contribution < 1.29 is 82.1 Å². The number of rotatable bonds is 25. The molecular formula is C85H135N5O10. The van der Waals surface area contributed by atoms with Gasteiger partial charge in [-0.15, -0.1) is 0 Å². The second kappa shape index (κ2) is 41.3. The van der Waals surface area contributed by atoms with Crippen LogP contribution in [0.1, 0.15) is 251 Å². The Morgan fingerprint density at radius 3 is 0.680 bits per heavy atom. The van der Waals surface area contributed by atoms with Gasteiger partial charge >= 0.3 is 0 Å². The average molecular weight is 1410 g/mol. The number of aliphatic hydroxyl groups is 5. The molecule has 100 heavy (non-hydrogen) atoms. The zero-order chi connectivity index (χ0) is 93.3. The van der Waals surface area contributed by atoms with Crippen LogP contribution in [0.15, 0.2) is 121 Å². The standard InChI is InChI=1S/5C17H27NO2/c5*1-18(2)13-16(17(19)11-5-4-6-12-17)14-7-9-15(20-3)10-8-14/h5*7-10,16,19H,4-6,11-13H2,1-3H3/i1D3,2D3,13D2;1D3,13D2;1D3,2D3;13D2;1D3. The van der Waals surface area contributed by atoms with E-state index in [1.54, 1.807) is 127 Å². The summed E-state index contributed by atoms with van der Waals surface area (Å²) in [6, 6.07) is 35.1. The van der Waals surface area contributed by atoms with E-state index in [1.807, 2.05) is 48.5 Å². The van der Waals surface area contributed by atoms with Gasteiger partial charge in [0.25, 0.3) is 0 Å². The smallest absolute Gasteiger partial charge is 0.118 e. The quantitative estimate of drug-likeness (QED) is 0.0375. The molecular weight excluding hydrogens is 1250 g/mol. The van der Waals surface area contributed by atoms with Gasteiger partial charge in [0, 0.05) is 95.1 Å². The molecule has 0 bridgehead atoms. The Bertz CT molecular complexity index is 3930. The van der Waals surface area contributed by atoms with Gasteiger partial charge in [0.1, 0.15) is 28.7 Å². The molecule has 5 aliphatic carbocycles. The molecule has 0 spiro atoms. The van der Waals surface area contributed by atoms with Crippen LogP contribution in [0.5, 0.6) is 28.7 Å². The Hall–Kier alpha value is -5.30. The predicted octanol–water partition coefficient (Wildman–Crippen LogP) is 15.2. The van der Waals surface area contributed by atoms with Gasteiger partial charge in [0.15, 0.2) is 0 Å². The number of nitrogens with zero attached hydrogens (tertiary/aromatic N) is 5. The fraction of sp³-hybridized carbons (Fsp3) is 0.647. The maximum Gasteiger partial charge on any atom is 0.118 e. The summed E-state index contributed by atoms with van der Waals surface area (Å²) in [5.74, 6) is -0.480. The van der Waals surface area contributed by atoms with Crippen LogP contribution >= 0.6 is 0 Å². The van der Waals surface area contributed by atoms with Crippen LogP contribution < -0.4 is 23.7 Å². The molecule has 5 aromatic carbocycles. The molecule has 0 amide bonds. The third-order valence-electron chi connectivity index (χ3n) is 20.7. The molecule has 0 radical (unpaired) electrons. The molecule has 5 aromatic rings. The van der Waals surface area contributed by atoms with Gasteiger partial charge in [0.2, 0.25) is 0 Å². The lowest BCUT2D eigenvalue weighted by molar-refractivity contribution is -0.0280. The summed E-state index contributed by atoms with van der Waals surface area (Å²) in [7, 11) is 14.1. The van der Waals surface area contributed by atoms with E-state index in [0.717, 1.165) is 124 Å². The second-order valence-corrected chi connectivity index (χ2v) is 28.3. The van der Waals surface area contributed by atoms with E-state index in [0.29, 0.717) is 96.8 Å². The second-order valence-electron chi connectivity index (χ2n) is 28.3. The van der Waals surface area contributed by atoms with Crippen LogP contribution in [0, 0.1) is 0 Å². The maximum atomic E-state index is 11.4. The molecule has 5 unspecified atom stereocenters. The fourth-order valence-electron chi connectivity index (χ4n) is 15.2. The topological polar surface area (TPSA) is 164 Å². The Labute approximate surface area is 639 Å². The molecule has 5 saturated carbocycles. The summed E-state index contributed by atoms with van der Waals surface area (Å²) in [5.41, 5.74) is -2.40. The SMILES string of the molecule is [2H]C([2H])(C(c1ccc(OC)cc1)C1(O)CCCCC1)N(C)C.[2H]C([2H])([2H])N(C([2H])([2H])[2H])C([2H])([2H])C(c1ccc(OC)cc1)C1(O)CCCCC1.[2H]C([2H])([2H])N(C)C([2H])([2H])C(c1ccc(OC)cc1)C1(O)CCCCC1.[2H]C([2H])([2H])N(C)CC(c1ccc(OC)cc1)C1(O)CCCCC1.[2H]C([2H])([2H])N(CC(c1ccc(OC)cc1)C1(O)CCCCC1)C([2H])([2H])[2H]. The van der Waals surface area contributed by atoms with E-state index >= 15 is 0 Å². The van der Waals surface area contributed by atoms with Crippen molar-refractivity contribution >= 4 is 0 Å². The molecule has 560 valence electrons. The first-order chi connectivity index (χ1) is 57.3. The van der Waals surface area contributed by atoms with Gasteiger partial charge in [-0.2, -0.15) is 0 Å². The lowest BCUT2D eigenvalue weighted by Gasteiger charge is -2.40. The van der Waals surface area contributed by atoms with Crippen molar-refractivity contribution in [1.29, 1.82) is 0 Å². The summed E-state index contributed by atoms with van der Waals surface area (Å²) in [4.78, 5) is 4.15. The number of ether oxygens (including phenoxy) is 5. The van der Waals surface area contributed by atoms with Gasteiger partial charge in [-0.1, -0.05) is 157 Å². The largest absolute Gasteiger partial charge is 0.497 e. The van der Waals surface area contributed by atoms with Crippen LogP contribution in [0.25, 0.3) is 0 Å². The normalized spacial score (nSPS) is 24.6. The van der Waals surface area contributed by atoms with Crippen molar-refractivity contribution in [3.05, 3.63) is 149 Å². The van der Waals surface area contributed by atoms with E-state index in [-0.39, 0.29) is 30.2 Å². The van der Waals surface area contributed by atoms with Gasteiger partial charge in [0.05, 0.1) is 63.6 Å². The zero-order valence-corrected chi connectivity index (χ0v) is 61.0. The number of methoxy groups -OCH3 is 5. The van der Waals surface area contributed by atoms with Gasteiger partial charge in [-0.25, -0.2) is 0 Å². The van der Waals surface area contributed by atoms with E-state index < -0.39 is 113 Å². The van der Waals surface area contributed by atoms with Crippen LogP contribution in [0.4, 0.5) is 0 Å². The van der Waals surface area contributed by atoms with Crippen molar-refractivity contribution in [2.45, 2.75) is 218 Å². The summed E-state index contributed by atoms with van der Waals surface area (Å²) in [6.45, 7) is -23.4. The summed E-state index contributed by atoms with van der Waals surface area (Å²) < 4.78 is 215. The first kappa shape index (κ1) is 54.3. The van der Waals surface area contributed by atoms with E-state index in [9.17, 15) is 25.5 Å². The molecule has 0 aromatic heterocycles. The van der Waals surface area contributed by atoms with E-state index in [4.69, 9.17) is 56.6 Å². The van der Waals surface area contributed by atoms with Crippen molar-refractivity contribution in [2.24, 2.45) is 0 Å². The monoisotopic (exact) mass is 1410 g/mol. The van der Waals surface area contributed by atoms with Crippen LogP contribution in [-0.4, -0.2) is 216 Å². The Morgan fingerprint density at radius 2 is 0.470 bits per heavy atom. The molecule has 0 aliphatic heterocycles. The number of likely N-dealkylation sites (N-methyl/N-ethyl adjacent to an activating group) is 5. The highest BCUT2D eigenvalue weighted by Gasteiger charge is 2.43. The van der Waals surface area contributed by atoms with E-state index in [2.05, 4.69) is 0 Å². The van der Waals surface area contributed by atoms with Crippen LogP contribution in [0.3, 0.4) is 0 Å². The number of hydrogen-bond acceptors (Lipinski definition) is 15. The van der Waals surface area contributed by atoms with E-state index in [1.165, 1.54) is 19.1 Å². The Morgan fingerprint density at radius 1 is 0.280 bits per heavy atom. The summed E-state index contributed by atoms with van der Waals surface area (Å²) in [6.07, 6.45) is 18.8. The number of benzene rings is 5. The zero-order valence-electron chi connectivity index (χ0n) is 85.0. The third-order valence-corrected chi connectivity index (χ3v) is 20.7. The highest BCUT2D eigenvalue weighted by molar-refractivity contribution is 5.36. The minimum Gasteiger partial charge on any atom is -0.497 e. The van der Waals surface area contributed by atoms with Crippen molar-refractivity contribution in [3.8, 4) is 28.7 Å². The van der Waals surface area contributed by atoms with Gasteiger partial charge < -0.3 is 73.7 Å². The van der Waals surface area contributed by atoms with Gasteiger partial charge in [-0.05, 0) is 223 Å². The van der Waals surface area contributed by atoms with Gasteiger partial charge in [-0.3, -0.25) is 0 Å². The fourth-order valence-corrected chi connectivity index (χ4v) is 15.2. The third kappa shape index (κ3) is 25.5. The average Bonchev–Trinajstić information content (AvgIpc) is 0.735. The Balaban J connectivity index is 0.000000240. The molecule has 10 rings (SSSR count). The molecule has 0 saturated heterocycles. The first-order valence-corrected chi connectivity index (χ1v) is 35.8. The highest BCUT2D eigenvalue weighted by Crippen LogP contribution is 2.46. The maximum absolute atomic E-state index is 11.4. The molecule has 5 atom stereocenters. The lowest BCUT2D eigenvalue weighted by Crippen LogP contribution is -2.42.